The molecule has 0 fully saturated rings. The van der Waals surface area contributed by atoms with Gasteiger partial charge in [-0.1, -0.05) is 0 Å². The number of aliphatic carboxylic acids is 1. The monoisotopic (exact) mass is 265 g/mol. The third-order valence-electron chi connectivity index (χ3n) is 2.27. The summed E-state index contributed by atoms with van der Waals surface area (Å²) in [6.07, 6.45) is -0.146. The van der Waals surface area contributed by atoms with Gasteiger partial charge in [0.25, 0.3) is 5.91 Å². The average molecular weight is 265 g/mol. The topological polar surface area (TPSA) is 122 Å². The Morgan fingerprint density at radius 1 is 1.26 bits per heavy atom. The van der Waals surface area contributed by atoms with E-state index < -0.39 is 18.0 Å². The van der Waals surface area contributed by atoms with Crippen LogP contribution < -0.4 is 16.4 Å². The minimum absolute atomic E-state index is 0.146. The number of urea groups is 1. The van der Waals surface area contributed by atoms with E-state index in [9.17, 15) is 14.4 Å². The van der Waals surface area contributed by atoms with E-state index in [0.717, 1.165) is 0 Å². The quantitative estimate of drug-likeness (QED) is 0.628. The van der Waals surface area contributed by atoms with Gasteiger partial charge in [0.1, 0.15) is 0 Å². The van der Waals surface area contributed by atoms with Crippen molar-refractivity contribution in [2.45, 2.75) is 19.4 Å². The van der Waals surface area contributed by atoms with Gasteiger partial charge in [0.15, 0.2) is 0 Å². The molecule has 0 heterocycles. The smallest absolute Gasteiger partial charge is 0.316 e. The molecule has 0 saturated carbocycles. The highest BCUT2D eigenvalue weighted by Gasteiger charge is 2.12. The van der Waals surface area contributed by atoms with Crippen molar-refractivity contribution in [3.8, 4) is 0 Å². The first-order valence-electron chi connectivity index (χ1n) is 5.57. The molecule has 0 spiro atoms. The fourth-order valence-corrected chi connectivity index (χ4v) is 1.47. The molecular weight excluding hydrogens is 250 g/mol. The van der Waals surface area contributed by atoms with Crippen molar-refractivity contribution in [1.82, 2.24) is 5.32 Å². The van der Waals surface area contributed by atoms with Gasteiger partial charge >= 0.3 is 12.0 Å². The van der Waals surface area contributed by atoms with E-state index in [4.69, 9.17) is 10.8 Å². The predicted octanol–water partition coefficient (Wildman–Crippen LogP) is 0.770. The van der Waals surface area contributed by atoms with Crippen molar-refractivity contribution in [2.75, 3.05) is 5.32 Å². The van der Waals surface area contributed by atoms with Gasteiger partial charge in [-0.15, -0.1) is 0 Å². The molecule has 0 aromatic heterocycles. The number of carbonyl (C=O) groups excluding carboxylic acids is 2. The van der Waals surface area contributed by atoms with Gasteiger partial charge in [0, 0.05) is 17.3 Å². The molecule has 1 atom stereocenters. The van der Waals surface area contributed by atoms with Crippen molar-refractivity contribution in [1.29, 1.82) is 0 Å². The fourth-order valence-electron chi connectivity index (χ4n) is 1.47. The third-order valence-corrected chi connectivity index (χ3v) is 2.27. The average Bonchev–Trinajstić information content (AvgIpc) is 2.27. The molecule has 5 N–H and O–H groups in total. The molecule has 0 aliphatic rings. The van der Waals surface area contributed by atoms with Crippen LogP contribution in [0.5, 0.6) is 0 Å². The number of nitrogens with two attached hydrogens (primary N) is 1. The van der Waals surface area contributed by atoms with E-state index in [1.54, 1.807) is 6.92 Å². The number of amides is 3. The van der Waals surface area contributed by atoms with Gasteiger partial charge in [-0.2, -0.15) is 0 Å². The van der Waals surface area contributed by atoms with Crippen LogP contribution in [-0.2, 0) is 4.79 Å². The third kappa shape index (κ3) is 5.07. The Hall–Kier alpha value is -2.57. The lowest BCUT2D eigenvalue weighted by Crippen LogP contribution is -2.34. The van der Waals surface area contributed by atoms with E-state index in [1.165, 1.54) is 24.3 Å². The van der Waals surface area contributed by atoms with Crippen LogP contribution in [0.3, 0.4) is 0 Å². The summed E-state index contributed by atoms with van der Waals surface area (Å²) in [5, 5.41) is 13.5. The first-order valence-corrected chi connectivity index (χ1v) is 5.57. The molecule has 1 aromatic carbocycles. The van der Waals surface area contributed by atoms with E-state index in [2.05, 4.69) is 10.6 Å². The summed E-state index contributed by atoms with van der Waals surface area (Å²) in [5.74, 6) is -1.35. The van der Waals surface area contributed by atoms with Crippen molar-refractivity contribution < 1.29 is 19.5 Å². The van der Waals surface area contributed by atoms with Gasteiger partial charge in [0.2, 0.25) is 0 Å². The number of hydrogen-bond donors (Lipinski definition) is 4. The van der Waals surface area contributed by atoms with Crippen LogP contribution in [0.1, 0.15) is 23.7 Å². The Morgan fingerprint density at radius 2 is 1.84 bits per heavy atom. The molecule has 1 aromatic rings. The fraction of sp³-hybridized carbons (Fsp3) is 0.250. The van der Waals surface area contributed by atoms with Crippen LogP contribution in [-0.4, -0.2) is 29.1 Å². The normalized spacial score (nSPS) is 11.4. The summed E-state index contributed by atoms with van der Waals surface area (Å²) in [5.41, 5.74) is 5.79. The molecule has 1 rings (SSSR count). The number of nitrogens with one attached hydrogen (secondary N) is 2. The summed E-state index contributed by atoms with van der Waals surface area (Å²) in [7, 11) is 0. The predicted molar refractivity (Wildman–Crippen MR) is 68.8 cm³/mol. The Labute approximate surface area is 109 Å². The Bertz CT molecular complexity index is 484. The van der Waals surface area contributed by atoms with Crippen LogP contribution in [0.4, 0.5) is 10.5 Å². The van der Waals surface area contributed by atoms with E-state index >= 15 is 0 Å². The molecule has 19 heavy (non-hydrogen) atoms. The summed E-state index contributed by atoms with van der Waals surface area (Å²) in [4.78, 5) is 32.8. The minimum Gasteiger partial charge on any atom is -0.481 e. The summed E-state index contributed by atoms with van der Waals surface area (Å²) in [6, 6.07) is 4.92. The number of carboxylic acid groups (broad SMARTS) is 1. The molecule has 102 valence electrons. The second-order valence-corrected chi connectivity index (χ2v) is 4.04. The van der Waals surface area contributed by atoms with Crippen molar-refractivity contribution in [3.63, 3.8) is 0 Å². The number of benzene rings is 1. The van der Waals surface area contributed by atoms with Gasteiger partial charge in [-0.25, -0.2) is 4.79 Å². The number of anilines is 1. The highest BCUT2D eigenvalue weighted by atomic mass is 16.4. The molecule has 0 bridgehead atoms. The van der Waals surface area contributed by atoms with E-state index in [-0.39, 0.29) is 12.3 Å². The highest BCUT2D eigenvalue weighted by Crippen LogP contribution is 2.09. The molecule has 1 unspecified atom stereocenters. The number of primary amides is 1. The molecule has 3 amide bonds. The van der Waals surface area contributed by atoms with Crippen molar-refractivity contribution >= 4 is 23.6 Å². The van der Waals surface area contributed by atoms with Crippen LogP contribution in [0.15, 0.2) is 24.3 Å². The molecule has 0 saturated heterocycles. The maximum atomic E-state index is 11.8. The van der Waals surface area contributed by atoms with Gasteiger partial charge in [-0.05, 0) is 31.2 Å². The Balaban J connectivity index is 2.62. The highest BCUT2D eigenvalue weighted by molar-refractivity contribution is 5.95. The Kier molecular flexibility index (Phi) is 4.87. The van der Waals surface area contributed by atoms with Crippen molar-refractivity contribution in [3.05, 3.63) is 29.8 Å². The molecule has 7 nitrogen and oxygen atoms in total. The van der Waals surface area contributed by atoms with Gasteiger partial charge in [-0.3, -0.25) is 9.59 Å². The minimum atomic E-state index is -0.978. The molecular formula is C12H15N3O4. The lowest BCUT2D eigenvalue weighted by Gasteiger charge is -2.11. The lowest BCUT2D eigenvalue weighted by molar-refractivity contribution is -0.137. The number of carboxylic acids is 1. The van der Waals surface area contributed by atoms with Crippen LogP contribution >= 0.6 is 0 Å². The standard InChI is InChI=1S/C12H15N3O4/c1-7(6-10(16)17)14-11(18)8-2-4-9(5-3-8)15-12(13)19/h2-5,7H,6H2,1H3,(H,14,18)(H,16,17)(H3,13,15,19). The maximum absolute atomic E-state index is 11.8. The summed E-state index contributed by atoms with van der Waals surface area (Å²) in [6.45, 7) is 1.61. The molecule has 0 aliphatic heterocycles. The van der Waals surface area contributed by atoms with Gasteiger partial charge < -0.3 is 21.5 Å². The first-order chi connectivity index (χ1) is 8.88. The molecule has 0 radical (unpaired) electrons. The van der Waals surface area contributed by atoms with E-state index in [0.29, 0.717) is 11.3 Å². The summed E-state index contributed by atoms with van der Waals surface area (Å²) >= 11 is 0. The largest absolute Gasteiger partial charge is 0.481 e. The van der Waals surface area contributed by atoms with E-state index in [1.807, 2.05) is 0 Å². The second kappa shape index (κ2) is 6.39. The Morgan fingerprint density at radius 3 is 2.32 bits per heavy atom. The second-order valence-electron chi connectivity index (χ2n) is 4.04. The number of hydrogen-bond acceptors (Lipinski definition) is 3. The van der Waals surface area contributed by atoms with Crippen LogP contribution in [0.25, 0.3) is 0 Å². The van der Waals surface area contributed by atoms with Crippen LogP contribution in [0, 0.1) is 0 Å². The molecule has 0 aliphatic carbocycles. The number of carbonyl (C=O) groups is 3. The zero-order chi connectivity index (χ0) is 14.4. The SMILES string of the molecule is CC(CC(=O)O)NC(=O)c1ccc(NC(N)=O)cc1. The summed E-state index contributed by atoms with van der Waals surface area (Å²) < 4.78 is 0. The van der Waals surface area contributed by atoms with Crippen LogP contribution in [0.2, 0.25) is 0 Å². The first kappa shape index (κ1) is 14.5. The number of rotatable bonds is 5. The maximum Gasteiger partial charge on any atom is 0.316 e. The lowest BCUT2D eigenvalue weighted by atomic mass is 10.1. The zero-order valence-corrected chi connectivity index (χ0v) is 10.3. The molecule has 7 heteroatoms. The van der Waals surface area contributed by atoms with Crippen molar-refractivity contribution in [2.24, 2.45) is 5.73 Å². The van der Waals surface area contributed by atoms with Gasteiger partial charge in [0.05, 0.1) is 6.42 Å². The zero-order valence-electron chi connectivity index (χ0n) is 10.3.